The maximum absolute atomic E-state index is 11.8. The molecule has 4 N–H and O–H groups in total. The van der Waals surface area contributed by atoms with Crippen molar-refractivity contribution in [2.45, 2.75) is 77.5 Å². The van der Waals surface area contributed by atoms with Gasteiger partial charge in [0.15, 0.2) is 0 Å². The van der Waals surface area contributed by atoms with Crippen LogP contribution in [0.1, 0.15) is 60.3 Å². The zero-order valence-electron chi connectivity index (χ0n) is 14.5. The molecule has 1 saturated carbocycles. The van der Waals surface area contributed by atoms with Gasteiger partial charge in [-0.2, -0.15) is 0 Å². The van der Waals surface area contributed by atoms with Crippen LogP contribution in [0, 0.1) is 5.92 Å². The van der Waals surface area contributed by atoms with Crippen LogP contribution in [0.4, 0.5) is 4.79 Å². The summed E-state index contributed by atoms with van der Waals surface area (Å²) in [6.07, 6.45) is 3.86. The quantitative estimate of drug-likeness (QED) is 0.723. The van der Waals surface area contributed by atoms with Crippen LogP contribution in [0.5, 0.6) is 0 Å². The van der Waals surface area contributed by atoms with E-state index in [2.05, 4.69) is 10.6 Å². The third kappa shape index (κ3) is 6.22. The minimum absolute atomic E-state index is 0.172. The molecule has 0 radical (unpaired) electrons. The Labute approximate surface area is 133 Å². The van der Waals surface area contributed by atoms with Crippen LogP contribution in [0.15, 0.2) is 0 Å². The Morgan fingerprint density at radius 2 is 1.73 bits per heavy atom. The molecule has 22 heavy (non-hydrogen) atoms. The molecule has 0 aromatic carbocycles. The number of ether oxygens (including phenoxy) is 1. The van der Waals surface area contributed by atoms with Gasteiger partial charge in [-0.15, -0.1) is 0 Å². The summed E-state index contributed by atoms with van der Waals surface area (Å²) in [7, 11) is 0. The number of nitrogens with two attached hydrogens (primary N) is 1. The van der Waals surface area contributed by atoms with E-state index in [0.717, 1.165) is 25.7 Å². The highest BCUT2D eigenvalue weighted by molar-refractivity contribution is 5.83. The molecule has 2 atom stereocenters. The molecule has 0 aliphatic heterocycles. The number of amides is 2. The van der Waals surface area contributed by atoms with Crippen molar-refractivity contribution in [3.05, 3.63) is 0 Å². The summed E-state index contributed by atoms with van der Waals surface area (Å²) in [4.78, 5) is 23.3. The molecule has 2 unspecified atom stereocenters. The van der Waals surface area contributed by atoms with Gasteiger partial charge in [0.05, 0.1) is 5.54 Å². The summed E-state index contributed by atoms with van der Waals surface area (Å²) < 4.78 is 5.26. The zero-order chi connectivity index (χ0) is 17.0. The zero-order valence-corrected chi connectivity index (χ0v) is 14.5. The molecule has 6 nitrogen and oxygen atoms in total. The molecule has 2 amide bonds. The van der Waals surface area contributed by atoms with E-state index in [1.54, 1.807) is 13.8 Å². The van der Waals surface area contributed by atoms with Crippen molar-refractivity contribution in [2.75, 3.05) is 6.54 Å². The number of primary amides is 1. The molecule has 6 heteroatoms. The van der Waals surface area contributed by atoms with E-state index in [0.29, 0.717) is 6.54 Å². The average Bonchev–Trinajstić information content (AvgIpc) is 2.35. The smallest absolute Gasteiger partial charge is 0.407 e. The molecule has 1 aliphatic rings. The molecule has 0 spiro atoms. The second-order valence-electron chi connectivity index (χ2n) is 7.67. The van der Waals surface area contributed by atoms with E-state index in [9.17, 15) is 9.59 Å². The number of nitrogens with one attached hydrogen (secondary N) is 2. The topological polar surface area (TPSA) is 93.4 Å². The molecule has 0 bridgehead atoms. The standard InChI is InChI=1S/C16H31N3O3/c1-15(2,3)22-14(21)18-10-11-8-6-7-9-12(11)19-16(4,5)13(17)20/h11-12,19H,6-10H2,1-5H3,(H2,17,20)(H,18,21). The Kier molecular flexibility index (Phi) is 6.23. The third-order valence-corrected chi connectivity index (χ3v) is 3.98. The largest absolute Gasteiger partial charge is 0.444 e. The van der Waals surface area contributed by atoms with Crippen LogP contribution in [0.3, 0.4) is 0 Å². The summed E-state index contributed by atoms with van der Waals surface area (Å²) in [6, 6.07) is 0.172. The van der Waals surface area contributed by atoms with Crippen LogP contribution in [0.2, 0.25) is 0 Å². The fourth-order valence-corrected chi connectivity index (χ4v) is 2.71. The van der Waals surface area contributed by atoms with Gasteiger partial charge in [0.25, 0.3) is 0 Å². The summed E-state index contributed by atoms with van der Waals surface area (Å²) in [5, 5.41) is 6.19. The number of carbonyl (C=O) groups excluding carboxylic acids is 2. The van der Waals surface area contributed by atoms with Gasteiger partial charge in [0.2, 0.25) is 5.91 Å². The van der Waals surface area contributed by atoms with Gasteiger partial charge in [-0.05, 0) is 53.4 Å². The van der Waals surface area contributed by atoms with Crippen LogP contribution in [-0.2, 0) is 9.53 Å². The highest BCUT2D eigenvalue weighted by Crippen LogP contribution is 2.25. The second-order valence-corrected chi connectivity index (χ2v) is 7.67. The van der Waals surface area contributed by atoms with Crippen molar-refractivity contribution in [3.8, 4) is 0 Å². The van der Waals surface area contributed by atoms with E-state index >= 15 is 0 Å². The summed E-state index contributed by atoms with van der Waals surface area (Å²) in [5.41, 5.74) is 4.19. The lowest BCUT2D eigenvalue weighted by Gasteiger charge is -2.37. The Balaban J connectivity index is 2.55. The molecule has 128 valence electrons. The first-order valence-corrected chi connectivity index (χ1v) is 8.06. The number of hydrogen-bond acceptors (Lipinski definition) is 4. The van der Waals surface area contributed by atoms with Gasteiger partial charge in [-0.3, -0.25) is 4.79 Å². The monoisotopic (exact) mass is 313 g/mol. The van der Waals surface area contributed by atoms with Gasteiger partial charge in [0, 0.05) is 12.6 Å². The van der Waals surface area contributed by atoms with Crippen molar-refractivity contribution in [3.63, 3.8) is 0 Å². The van der Waals surface area contributed by atoms with E-state index in [-0.39, 0.29) is 17.9 Å². The first kappa shape index (κ1) is 18.7. The van der Waals surface area contributed by atoms with Gasteiger partial charge in [-0.25, -0.2) is 4.79 Å². The lowest BCUT2D eigenvalue weighted by Crippen LogP contribution is -2.58. The second kappa shape index (κ2) is 7.31. The van der Waals surface area contributed by atoms with Crippen molar-refractivity contribution in [1.82, 2.24) is 10.6 Å². The summed E-state index contributed by atoms with van der Waals surface area (Å²) >= 11 is 0. The van der Waals surface area contributed by atoms with Gasteiger partial charge >= 0.3 is 6.09 Å². The summed E-state index contributed by atoms with van der Waals surface area (Å²) in [5.74, 6) is -0.0863. The predicted octanol–water partition coefficient (Wildman–Crippen LogP) is 1.92. The Morgan fingerprint density at radius 3 is 2.27 bits per heavy atom. The molecular weight excluding hydrogens is 282 g/mol. The normalized spacial score (nSPS) is 23.0. The first-order chi connectivity index (χ1) is 10.0. The lowest BCUT2D eigenvalue weighted by atomic mass is 9.83. The number of alkyl carbamates (subject to hydrolysis) is 1. The molecular formula is C16H31N3O3. The maximum Gasteiger partial charge on any atom is 0.407 e. The Bertz CT molecular complexity index is 402. The van der Waals surface area contributed by atoms with Crippen LogP contribution >= 0.6 is 0 Å². The van der Waals surface area contributed by atoms with Crippen LogP contribution in [-0.4, -0.2) is 35.7 Å². The lowest BCUT2D eigenvalue weighted by molar-refractivity contribution is -0.123. The summed E-state index contributed by atoms with van der Waals surface area (Å²) in [6.45, 7) is 9.65. The molecule has 1 fully saturated rings. The fraction of sp³-hybridized carbons (Fsp3) is 0.875. The van der Waals surface area contributed by atoms with E-state index in [4.69, 9.17) is 10.5 Å². The average molecular weight is 313 g/mol. The van der Waals surface area contributed by atoms with Gasteiger partial charge in [0.1, 0.15) is 5.60 Å². The fourth-order valence-electron chi connectivity index (χ4n) is 2.71. The highest BCUT2D eigenvalue weighted by Gasteiger charge is 2.33. The third-order valence-electron chi connectivity index (χ3n) is 3.98. The molecule has 0 aromatic heterocycles. The highest BCUT2D eigenvalue weighted by atomic mass is 16.6. The minimum atomic E-state index is -0.744. The number of hydrogen-bond donors (Lipinski definition) is 3. The van der Waals surface area contributed by atoms with Crippen molar-refractivity contribution in [1.29, 1.82) is 0 Å². The predicted molar refractivity (Wildman–Crippen MR) is 86.4 cm³/mol. The van der Waals surface area contributed by atoms with Gasteiger partial charge < -0.3 is 21.1 Å². The minimum Gasteiger partial charge on any atom is -0.444 e. The molecule has 0 aromatic rings. The Morgan fingerprint density at radius 1 is 1.14 bits per heavy atom. The van der Waals surface area contributed by atoms with Crippen molar-refractivity contribution < 1.29 is 14.3 Å². The van der Waals surface area contributed by atoms with Gasteiger partial charge in [-0.1, -0.05) is 12.8 Å². The first-order valence-electron chi connectivity index (χ1n) is 8.06. The van der Waals surface area contributed by atoms with Crippen molar-refractivity contribution >= 4 is 12.0 Å². The SMILES string of the molecule is CC(C)(C)OC(=O)NCC1CCCCC1NC(C)(C)C(N)=O. The number of rotatable bonds is 5. The number of carbonyl (C=O) groups is 2. The maximum atomic E-state index is 11.8. The molecule has 0 saturated heterocycles. The molecule has 1 rings (SSSR count). The molecule has 0 heterocycles. The van der Waals surface area contributed by atoms with Crippen LogP contribution in [0.25, 0.3) is 0 Å². The van der Waals surface area contributed by atoms with E-state index in [1.165, 1.54) is 0 Å². The molecule has 1 aliphatic carbocycles. The van der Waals surface area contributed by atoms with E-state index in [1.807, 2.05) is 20.8 Å². The van der Waals surface area contributed by atoms with Crippen LogP contribution < -0.4 is 16.4 Å². The van der Waals surface area contributed by atoms with E-state index < -0.39 is 17.2 Å². The van der Waals surface area contributed by atoms with Crippen molar-refractivity contribution in [2.24, 2.45) is 11.7 Å². The Hall–Kier alpha value is -1.30.